The summed E-state index contributed by atoms with van der Waals surface area (Å²) in [7, 11) is 0. The summed E-state index contributed by atoms with van der Waals surface area (Å²) in [4.78, 5) is 23.5. The van der Waals surface area contributed by atoms with Gasteiger partial charge in [-0.1, -0.05) is 37.3 Å². The second-order valence-electron chi connectivity index (χ2n) is 5.73. The largest absolute Gasteiger partial charge is 0.491 e. The number of rotatable bonds is 9. The Balaban J connectivity index is 1.60. The maximum atomic E-state index is 13.4. The topological polar surface area (TPSA) is 76.7 Å². The fraction of sp³-hybridized carbons (Fsp3) is 0.300. The summed E-state index contributed by atoms with van der Waals surface area (Å²) in [5, 5.41) is 0. The molecule has 0 bridgehead atoms. The first-order valence-corrected chi connectivity index (χ1v) is 8.76. The summed E-state index contributed by atoms with van der Waals surface area (Å²) in [6.07, 6.45) is 1.31. The molecule has 2 aromatic rings. The highest BCUT2D eigenvalue weighted by Gasteiger charge is 2.08. The number of halogens is 1. The van der Waals surface area contributed by atoms with Gasteiger partial charge in [-0.15, -0.1) is 0 Å². The molecule has 0 spiro atoms. The highest BCUT2D eigenvalue weighted by molar-refractivity contribution is 5.82. The molecule has 0 saturated carbocycles. The molecule has 2 amide bonds. The van der Waals surface area contributed by atoms with Crippen LogP contribution in [0.25, 0.3) is 0 Å². The second kappa shape index (κ2) is 10.8. The number of aryl methyl sites for hydroxylation is 1. The van der Waals surface area contributed by atoms with Crippen molar-refractivity contribution in [2.45, 2.75) is 26.2 Å². The van der Waals surface area contributed by atoms with E-state index in [0.29, 0.717) is 12.2 Å². The first kappa shape index (κ1) is 20.2. The highest BCUT2D eigenvalue weighted by atomic mass is 19.1. The Bertz CT molecular complexity index is 767. The Hall–Kier alpha value is -3.09. The lowest BCUT2D eigenvalue weighted by molar-refractivity contribution is -0.130. The average Bonchev–Trinajstić information content (AvgIpc) is 2.69. The maximum Gasteiger partial charge on any atom is 0.276 e. The van der Waals surface area contributed by atoms with Gasteiger partial charge in [-0.3, -0.25) is 20.4 Å². The van der Waals surface area contributed by atoms with Gasteiger partial charge in [-0.25, -0.2) is 4.39 Å². The van der Waals surface area contributed by atoms with Crippen LogP contribution in [0.4, 0.5) is 4.39 Å². The Morgan fingerprint density at radius 3 is 2.33 bits per heavy atom. The summed E-state index contributed by atoms with van der Waals surface area (Å²) < 4.78 is 24.1. The van der Waals surface area contributed by atoms with Crippen molar-refractivity contribution in [2.24, 2.45) is 0 Å². The molecule has 0 aliphatic heterocycles. The van der Waals surface area contributed by atoms with E-state index in [1.807, 2.05) is 25.1 Å². The molecule has 144 valence electrons. The summed E-state index contributed by atoms with van der Waals surface area (Å²) >= 11 is 0. The molecule has 2 rings (SSSR count). The Morgan fingerprint density at radius 1 is 0.926 bits per heavy atom. The van der Waals surface area contributed by atoms with E-state index in [9.17, 15) is 14.0 Å². The molecule has 0 atom stereocenters. The number of amides is 2. The van der Waals surface area contributed by atoms with Gasteiger partial charge >= 0.3 is 0 Å². The number of para-hydroxylation sites is 2. The van der Waals surface area contributed by atoms with Crippen LogP contribution < -0.4 is 20.3 Å². The van der Waals surface area contributed by atoms with E-state index in [1.165, 1.54) is 12.1 Å². The smallest absolute Gasteiger partial charge is 0.276 e. The normalized spacial score (nSPS) is 10.1. The predicted octanol–water partition coefficient (Wildman–Crippen LogP) is 2.77. The molecule has 2 aromatic carbocycles. The van der Waals surface area contributed by atoms with Crippen LogP contribution in [-0.4, -0.2) is 25.0 Å². The van der Waals surface area contributed by atoms with Crippen LogP contribution >= 0.6 is 0 Å². The van der Waals surface area contributed by atoms with Crippen molar-refractivity contribution < 1.29 is 23.5 Å². The summed E-state index contributed by atoms with van der Waals surface area (Å²) in [5.74, 6) is -0.479. The first-order chi connectivity index (χ1) is 13.1. The van der Waals surface area contributed by atoms with E-state index in [-0.39, 0.29) is 31.3 Å². The number of carbonyl (C=O) groups is 2. The molecule has 27 heavy (non-hydrogen) atoms. The second-order valence-corrected chi connectivity index (χ2v) is 5.73. The fourth-order valence-electron chi connectivity index (χ4n) is 2.29. The van der Waals surface area contributed by atoms with Crippen LogP contribution in [0.1, 0.15) is 25.3 Å². The van der Waals surface area contributed by atoms with Crippen LogP contribution in [0.3, 0.4) is 0 Å². The summed E-state index contributed by atoms with van der Waals surface area (Å²) in [5.41, 5.74) is 5.61. The van der Waals surface area contributed by atoms with Crippen LogP contribution in [-0.2, 0) is 16.0 Å². The Labute approximate surface area is 157 Å². The van der Waals surface area contributed by atoms with E-state index >= 15 is 0 Å². The van der Waals surface area contributed by atoms with Gasteiger partial charge < -0.3 is 9.47 Å². The van der Waals surface area contributed by atoms with Crippen molar-refractivity contribution in [3.8, 4) is 11.5 Å². The zero-order chi connectivity index (χ0) is 19.5. The fourth-order valence-corrected chi connectivity index (χ4v) is 2.29. The van der Waals surface area contributed by atoms with Gasteiger partial charge in [-0.05, 0) is 36.6 Å². The van der Waals surface area contributed by atoms with Gasteiger partial charge in [0.2, 0.25) is 5.91 Å². The summed E-state index contributed by atoms with van der Waals surface area (Å²) in [6.45, 7) is 1.99. The quantitative estimate of drug-likeness (QED) is 0.523. The number of hydrogen-bond donors (Lipinski definition) is 2. The minimum Gasteiger partial charge on any atom is -0.491 e. The molecule has 7 heteroatoms. The molecule has 0 aliphatic carbocycles. The number of benzene rings is 2. The van der Waals surface area contributed by atoms with Crippen LogP contribution in [0, 0.1) is 5.82 Å². The molecular weight excluding hydrogens is 351 g/mol. The van der Waals surface area contributed by atoms with Crippen LogP contribution in [0.5, 0.6) is 11.5 Å². The number of carbonyl (C=O) groups excluding carboxylic acids is 2. The van der Waals surface area contributed by atoms with Gasteiger partial charge in [0.05, 0.1) is 6.61 Å². The molecular formula is C20H23FN2O4. The van der Waals surface area contributed by atoms with Crippen molar-refractivity contribution in [1.29, 1.82) is 0 Å². The number of ether oxygens (including phenoxy) is 2. The molecule has 0 saturated heterocycles. The average molecular weight is 374 g/mol. The minimum absolute atomic E-state index is 0.133. The van der Waals surface area contributed by atoms with Crippen molar-refractivity contribution >= 4 is 11.8 Å². The molecule has 0 aromatic heterocycles. The molecule has 0 heterocycles. The minimum atomic E-state index is -0.461. The number of hydrogen-bond acceptors (Lipinski definition) is 4. The Morgan fingerprint density at radius 2 is 1.59 bits per heavy atom. The Kier molecular flexibility index (Phi) is 8.09. The maximum absolute atomic E-state index is 13.4. The SMILES string of the molecule is CCc1ccccc1OCC(=O)NNC(=O)CCCOc1ccccc1F. The van der Waals surface area contributed by atoms with E-state index in [4.69, 9.17) is 9.47 Å². The van der Waals surface area contributed by atoms with Gasteiger partial charge in [0.15, 0.2) is 18.2 Å². The van der Waals surface area contributed by atoms with Crippen molar-refractivity contribution in [3.63, 3.8) is 0 Å². The molecule has 0 unspecified atom stereocenters. The molecule has 0 aliphatic rings. The lowest BCUT2D eigenvalue weighted by atomic mass is 10.1. The highest BCUT2D eigenvalue weighted by Crippen LogP contribution is 2.18. The van der Waals surface area contributed by atoms with E-state index in [0.717, 1.165) is 12.0 Å². The van der Waals surface area contributed by atoms with E-state index < -0.39 is 11.7 Å². The van der Waals surface area contributed by atoms with Gasteiger partial charge in [-0.2, -0.15) is 0 Å². The monoisotopic (exact) mass is 374 g/mol. The van der Waals surface area contributed by atoms with Crippen molar-refractivity contribution in [3.05, 3.63) is 59.9 Å². The lowest BCUT2D eigenvalue weighted by Gasteiger charge is -2.11. The van der Waals surface area contributed by atoms with E-state index in [1.54, 1.807) is 18.2 Å². The van der Waals surface area contributed by atoms with Crippen LogP contribution in [0.15, 0.2) is 48.5 Å². The third-order valence-electron chi connectivity index (χ3n) is 3.70. The predicted molar refractivity (Wildman–Crippen MR) is 98.7 cm³/mol. The third kappa shape index (κ3) is 6.97. The molecule has 0 radical (unpaired) electrons. The standard InChI is InChI=1S/C20H23FN2O4/c1-2-15-8-3-5-10-17(15)27-14-20(25)23-22-19(24)12-7-13-26-18-11-6-4-9-16(18)21/h3-6,8-11H,2,7,12-14H2,1H3,(H,22,24)(H,23,25). The van der Waals surface area contributed by atoms with E-state index in [2.05, 4.69) is 10.9 Å². The zero-order valence-electron chi connectivity index (χ0n) is 15.2. The summed E-state index contributed by atoms with van der Waals surface area (Å²) in [6, 6.07) is 13.5. The molecule has 6 nitrogen and oxygen atoms in total. The zero-order valence-corrected chi connectivity index (χ0v) is 15.2. The first-order valence-electron chi connectivity index (χ1n) is 8.76. The van der Waals surface area contributed by atoms with Crippen molar-refractivity contribution in [2.75, 3.05) is 13.2 Å². The van der Waals surface area contributed by atoms with Gasteiger partial charge in [0, 0.05) is 6.42 Å². The third-order valence-corrected chi connectivity index (χ3v) is 3.70. The van der Waals surface area contributed by atoms with Gasteiger partial charge in [0.1, 0.15) is 5.75 Å². The van der Waals surface area contributed by atoms with Crippen LogP contribution in [0.2, 0.25) is 0 Å². The molecule has 0 fully saturated rings. The molecule has 2 N–H and O–H groups in total. The van der Waals surface area contributed by atoms with Gasteiger partial charge in [0.25, 0.3) is 5.91 Å². The number of nitrogens with one attached hydrogen (secondary N) is 2. The number of hydrazine groups is 1. The lowest BCUT2D eigenvalue weighted by Crippen LogP contribution is -2.43. The van der Waals surface area contributed by atoms with Crippen molar-refractivity contribution in [1.82, 2.24) is 10.9 Å².